The van der Waals surface area contributed by atoms with Gasteiger partial charge in [-0.2, -0.15) is 0 Å². The summed E-state index contributed by atoms with van der Waals surface area (Å²) in [7, 11) is 0. The van der Waals surface area contributed by atoms with Gasteiger partial charge in [-0.25, -0.2) is 0 Å². The summed E-state index contributed by atoms with van der Waals surface area (Å²) < 4.78 is 0. The van der Waals surface area contributed by atoms with E-state index >= 15 is 0 Å². The average molecular weight is 293 g/mol. The quantitative estimate of drug-likeness (QED) is 0.890. The van der Waals surface area contributed by atoms with Gasteiger partial charge in [-0.15, -0.1) is 0 Å². The minimum Gasteiger partial charge on any atom is -0.311 e. The first-order chi connectivity index (χ1) is 9.76. The highest BCUT2D eigenvalue weighted by Gasteiger charge is 2.36. The zero-order valence-electron chi connectivity index (χ0n) is 12.3. The first-order valence-corrected chi connectivity index (χ1v) is 8.36. The van der Waals surface area contributed by atoms with Crippen LogP contribution < -0.4 is 5.32 Å². The number of hydrogen-bond acceptors (Lipinski definition) is 2. The van der Waals surface area contributed by atoms with Crippen molar-refractivity contribution >= 4 is 11.6 Å². The maximum absolute atomic E-state index is 5.98. The SMILES string of the molecule is CCCC1CNC(C2CC2)CN1Cc1ccc(Cl)cc1. The van der Waals surface area contributed by atoms with Crippen molar-refractivity contribution in [1.82, 2.24) is 10.2 Å². The van der Waals surface area contributed by atoms with Gasteiger partial charge >= 0.3 is 0 Å². The van der Waals surface area contributed by atoms with E-state index < -0.39 is 0 Å². The zero-order valence-corrected chi connectivity index (χ0v) is 13.1. The van der Waals surface area contributed by atoms with E-state index in [-0.39, 0.29) is 0 Å². The van der Waals surface area contributed by atoms with Gasteiger partial charge in [-0.3, -0.25) is 4.90 Å². The molecule has 0 aromatic heterocycles. The van der Waals surface area contributed by atoms with Gasteiger partial charge in [-0.05, 0) is 42.9 Å². The molecule has 1 aliphatic carbocycles. The normalized spacial score (nSPS) is 27.7. The number of benzene rings is 1. The Hall–Kier alpha value is -0.570. The van der Waals surface area contributed by atoms with Gasteiger partial charge in [0.1, 0.15) is 0 Å². The number of nitrogens with zero attached hydrogens (tertiary/aromatic N) is 1. The molecule has 3 heteroatoms. The molecular formula is C17H25ClN2. The van der Waals surface area contributed by atoms with E-state index in [1.54, 1.807) is 0 Å². The lowest BCUT2D eigenvalue weighted by molar-refractivity contribution is 0.108. The number of nitrogens with one attached hydrogen (secondary N) is 1. The largest absolute Gasteiger partial charge is 0.311 e. The van der Waals surface area contributed by atoms with Gasteiger partial charge in [0.05, 0.1) is 0 Å². The predicted molar refractivity (Wildman–Crippen MR) is 85.1 cm³/mol. The molecule has 1 N–H and O–H groups in total. The van der Waals surface area contributed by atoms with Crippen molar-refractivity contribution in [2.45, 2.75) is 51.2 Å². The summed E-state index contributed by atoms with van der Waals surface area (Å²) in [6.45, 7) is 5.71. The third-order valence-electron chi connectivity index (χ3n) is 4.68. The molecule has 1 heterocycles. The summed E-state index contributed by atoms with van der Waals surface area (Å²) >= 11 is 5.98. The van der Waals surface area contributed by atoms with Gasteiger partial charge in [0.2, 0.25) is 0 Å². The molecule has 20 heavy (non-hydrogen) atoms. The van der Waals surface area contributed by atoms with Crippen molar-refractivity contribution in [1.29, 1.82) is 0 Å². The number of rotatable bonds is 5. The fraction of sp³-hybridized carbons (Fsp3) is 0.647. The van der Waals surface area contributed by atoms with Crippen molar-refractivity contribution in [3.63, 3.8) is 0 Å². The molecule has 0 spiro atoms. The van der Waals surface area contributed by atoms with Crippen LogP contribution in [0.2, 0.25) is 5.02 Å². The van der Waals surface area contributed by atoms with Crippen LogP contribution in [-0.4, -0.2) is 30.1 Å². The molecule has 1 aliphatic heterocycles. The first kappa shape index (κ1) is 14.4. The highest BCUT2D eigenvalue weighted by atomic mass is 35.5. The van der Waals surface area contributed by atoms with Crippen LogP contribution in [0.25, 0.3) is 0 Å². The van der Waals surface area contributed by atoms with Crippen molar-refractivity contribution in [2.75, 3.05) is 13.1 Å². The van der Waals surface area contributed by atoms with Crippen LogP contribution in [0.3, 0.4) is 0 Å². The monoisotopic (exact) mass is 292 g/mol. The van der Waals surface area contributed by atoms with Gasteiger partial charge in [0.25, 0.3) is 0 Å². The molecule has 0 bridgehead atoms. The molecule has 2 nitrogen and oxygen atoms in total. The summed E-state index contributed by atoms with van der Waals surface area (Å²) in [6.07, 6.45) is 5.39. The van der Waals surface area contributed by atoms with E-state index in [1.165, 1.54) is 37.8 Å². The molecule has 0 radical (unpaired) electrons. The van der Waals surface area contributed by atoms with Gasteiger partial charge in [0.15, 0.2) is 0 Å². The number of halogens is 1. The maximum atomic E-state index is 5.98. The molecule has 110 valence electrons. The minimum absolute atomic E-state index is 0.686. The van der Waals surface area contributed by atoms with Crippen molar-refractivity contribution in [3.8, 4) is 0 Å². The first-order valence-electron chi connectivity index (χ1n) is 7.98. The topological polar surface area (TPSA) is 15.3 Å². The van der Waals surface area contributed by atoms with Crippen LogP contribution in [-0.2, 0) is 6.54 Å². The third-order valence-corrected chi connectivity index (χ3v) is 4.93. The Morgan fingerprint density at radius 1 is 1.25 bits per heavy atom. The van der Waals surface area contributed by atoms with Crippen LogP contribution in [0.1, 0.15) is 38.2 Å². The molecule has 2 aliphatic rings. The van der Waals surface area contributed by atoms with Gasteiger partial charge < -0.3 is 5.32 Å². The lowest BCUT2D eigenvalue weighted by atomic mass is 10.0. The average Bonchev–Trinajstić information content (AvgIpc) is 3.28. The molecule has 1 aromatic carbocycles. The Balaban J connectivity index is 1.66. The molecule has 1 aromatic rings. The van der Waals surface area contributed by atoms with E-state index in [1.807, 2.05) is 12.1 Å². The van der Waals surface area contributed by atoms with E-state index in [2.05, 4.69) is 29.3 Å². The Morgan fingerprint density at radius 3 is 2.65 bits per heavy atom. The van der Waals surface area contributed by atoms with Crippen LogP contribution >= 0.6 is 11.6 Å². The highest BCUT2D eigenvalue weighted by Crippen LogP contribution is 2.34. The molecular weight excluding hydrogens is 268 g/mol. The van der Waals surface area contributed by atoms with E-state index in [9.17, 15) is 0 Å². The minimum atomic E-state index is 0.686. The summed E-state index contributed by atoms with van der Waals surface area (Å²) in [5.41, 5.74) is 1.38. The number of piperazine rings is 1. The molecule has 3 rings (SSSR count). The van der Waals surface area contributed by atoms with E-state index in [0.29, 0.717) is 6.04 Å². The van der Waals surface area contributed by atoms with Crippen LogP contribution in [0.5, 0.6) is 0 Å². The lowest BCUT2D eigenvalue weighted by Crippen LogP contribution is -2.56. The Kier molecular flexibility index (Phi) is 4.65. The summed E-state index contributed by atoms with van der Waals surface area (Å²) in [6, 6.07) is 9.75. The molecule has 1 saturated carbocycles. The third kappa shape index (κ3) is 3.55. The second-order valence-corrected chi connectivity index (χ2v) is 6.79. The summed E-state index contributed by atoms with van der Waals surface area (Å²) in [5, 5.41) is 4.61. The van der Waals surface area contributed by atoms with Crippen molar-refractivity contribution in [3.05, 3.63) is 34.9 Å². The zero-order chi connectivity index (χ0) is 13.9. The Bertz CT molecular complexity index is 427. The van der Waals surface area contributed by atoms with Gasteiger partial charge in [-0.1, -0.05) is 37.1 Å². The van der Waals surface area contributed by atoms with Crippen LogP contribution in [0.4, 0.5) is 0 Å². The summed E-state index contributed by atoms with van der Waals surface area (Å²) in [5.74, 6) is 0.935. The lowest BCUT2D eigenvalue weighted by Gasteiger charge is -2.41. The van der Waals surface area contributed by atoms with Crippen molar-refractivity contribution < 1.29 is 0 Å². The smallest absolute Gasteiger partial charge is 0.0406 e. The highest BCUT2D eigenvalue weighted by molar-refractivity contribution is 6.30. The van der Waals surface area contributed by atoms with Crippen LogP contribution in [0.15, 0.2) is 24.3 Å². The predicted octanol–water partition coefficient (Wildman–Crippen LogP) is 3.69. The number of hydrogen-bond donors (Lipinski definition) is 1. The van der Waals surface area contributed by atoms with Gasteiger partial charge in [0, 0.05) is 36.7 Å². The molecule has 2 fully saturated rings. The molecule has 1 saturated heterocycles. The fourth-order valence-corrected chi connectivity index (χ4v) is 3.46. The molecule has 0 amide bonds. The van der Waals surface area contributed by atoms with Crippen molar-refractivity contribution in [2.24, 2.45) is 5.92 Å². The second kappa shape index (κ2) is 6.46. The Morgan fingerprint density at radius 2 is 2.00 bits per heavy atom. The molecule has 2 unspecified atom stereocenters. The Labute approximate surface area is 127 Å². The van der Waals surface area contributed by atoms with Crippen LogP contribution in [0, 0.1) is 5.92 Å². The second-order valence-electron chi connectivity index (χ2n) is 6.35. The summed E-state index contributed by atoms with van der Waals surface area (Å²) in [4.78, 5) is 2.69. The maximum Gasteiger partial charge on any atom is 0.0406 e. The molecule has 2 atom stereocenters. The standard InChI is InChI=1S/C17H25ClN2/c1-2-3-16-10-19-17(14-6-7-14)12-20(16)11-13-4-8-15(18)9-5-13/h4-5,8-9,14,16-17,19H,2-3,6-7,10-12H2,1H3. The van der Waals surface area contributed by atoms with E-state index in [4.69, 9.17) is 11.6 Å². The van der Waals surface area contributed by atoms with E-state index in [0.717, 1.165) is 30.1 Å². The fourth-order valence-electron chi connectivity index (χ4n) is 3.33.